The molecule has 4 aromatic rings. The Hall–Kier alpha value is -2.44. The molecule has 32 heavy (non-hydrogen) atoms. The van der Waals surface area contributed by atoms with Crippen LogP contribution in [0.15, 0.2) is 66.7 Å². The van der Waals surface area contributed by atoms with Crippen LogP contribution in [0.4, 0.5) is 0 Å². The monoisotopic (exact) mass is 546 g/mol. The van der Waals surface area contributed by atoms with Crippen molar-refractivity contribution in [2.24, 2.45) is 0 Å². The number of rotatable bonds is 4. The topological polar surface area (TPSA) is 36.3 Å². The van der Waals surface area contributed by atoms with E-state index < -0.39 is 0 Å². The molecule has 0 radical (unpaired) electrons. The number of hydrogen-bond acceptors (Lipinski definition) is 3. The average Bonchev–Trinajstić information content (AvgIpc) is 3.41. The summed E-state index contributed by atoms with van der Waals surface area (Å²) >= 11 is 22.6. The fourth-order valence-electron chi connectivity index (χ4n) is 3.41. The van der Waals surface area contributed by atoms with Crippen molar-refractivity contribution in [2.75, 3.05) is 6.79 Å². The van der Waals surface area contributed by atoms with Crippen LogP contribution in [0.5, 0.6) is 11.5 Å². The summed E-state index contributed by atoms with van der Waals surface area (Å²) < 4.78 is 13.6. The van der Waals surface area contributed by atoms with Gasteiger partial charge in [0.15, 0.2) is 11.5 Å². The first-order chi connectivity index (χ1) is 15.5. The van der Waals surface area contributed by atoms with Gasteiger partial charge in [0.2, 0.25) is 6.79 Å². The van der Waals surface area contributed by atoms with Gasteiger partial charge in [0.05, 0.1) is 22.1 Å². The normalized spacial score (nSPS) is 12.9. The van der Waals surface area contributed by atoms with Crippen molar-refractivity contribution in [3.05, 3.63) is 93.1 Å². The zero-order valence-corrected chi connectivity index (χ0v) is 20.2. The van der Waals surface area contributed by atoms with Crippen molar-refractivity contribution in [2.45, 2.75) is 0 Å². The summed E-state index contributed by atoms with van der Waals surface area (Å²) in [7, 11) is 0. The summed E-state index contributed by atoms with van der Waals surface area (Å²) in [5, 5.41) is 6.55. The first-order valence-electron chi connectivity index (χ1n) is 9.56. The molecule has 0 saturated carbocycles. The Morgan fingerprint density at radius 1 is 0.906 bits per heavy atom. The van der Waals surface area contributed by atoms with Crippen LogP contribution in [0.3, 0.4) is 0 Å². The lowest BCUT2D eigenvalue weighted by Gasteiger charge is -2.10. The molecule has 0 aliphatic carbocycles. The summed E-state index contributed by atoms with van der Waals surface area (Å²) in [6, 6.07) is 20.6. The van der Waals surface area contributed by atoms with E-state index in [0.29, 0.717) is 32.3 Å². The van der Waals surface area contributed by atoms with Crippen molar-refractivity contribution >= 4 is 61.3 Å². The van der Waals surface area contributed by atoms with Crippen LogP contribution in [-0.2, 0) is 0 Å². The molecule has 1 aliphatic heterocycles. The van der Waals surface area contributed by atoms with E-state index in [0.717, 1.165) is 27.0 Å². The molecule has 0 bridgehead atoms. The van der Waals surface area contributed by atoms with Gasteiger partial charge in [0, 0.05) is 20.1 Å². The maximum Gasteiger partial charge on any atom is 0.231 e. The van der Waals surface area contributed by atoms with Crippen molar-refractivity contribution in [1.82, 2.24) is 9.78 Å². The molecule has 0 N–H and O–H groups in total. The molecule has 0 spiro atoms. The van der Waals surface area contributed by atoms with Crippen LogP contribution in [0.1, 0.15) is 11.3 Å². The molecule has 0 atom stereocenters. The second-order valence-corrected chi connectivity index (χ2v) is 9.17. The maximum absolute atomic E-state index is 6.51. The van der Waals surface area contributed by atoms with E-state index in [1.54, 1.807) is 22.9 Å². The summed E-state index contributed by atoms with van der Waals surface area (Å²) in [5.74, 6) is 1.40. The molecule has 1 aliphatic rings. The quantitative estimate of drug-likeness (QED) is 0.258. The van der Waals surface area contributed by atoms with Gasteiger partial charge in [0.1, 0.15) is 0 Å². The summed E-state index contributed by atoms with van der Waals surface area (Å²) in [6.07, 6.45) is 1.93. The highest BCUT2D eigenvalue weighted by atomic mass is 79.9. The standard InChI is InChI=1S/C24H14BrCl3N2O2/c25-19(14-2-1-3-16(26)8-14)11-18-12-21(15-4-7-23-24(9-15)32-13-31-23)30(29-18)22-10-17(27)5-6-20(22)28/h1-12H,13H2/b19-11-. The Morgan fingerprint density at radius 3 is 2.56 bits per heavy atom. The Labute approximate surface area is 208 Å². The highest BCUT2D eigenvalue weighted by Crippen LogP contribution is 2.38. The van der Waals surface area contributed by atoms with Crippen LogP contribution >= 0.6 is 50.7 Å². The average molecular weight is 549 g/mol. The minimum atomic E-state index is 0.207. The Morgan fingerprint density at radius 2 is 1.72 bits per heavy atom. The van der Waals surface area contributed by atoms with Gasteiger partial charge < -0.3 is 9.47 Å². The number of fused-ring (bicyclic) bond motifs is 1. The van der Waals surface area contributed by atoms with Crippen LogP contribution in [-0.4, -0.2) is 16.6 Å². The predicted molar refractivity (Wildman–Crippen MR) is 133 cm³/mol. The second kappa shape index (κ2) is 8.83. The first kappa shape index (κ1) is 21.4. The zero-order chi connectivity index (χ0) is 22.2. The molecule has 3 aromatic carbocycles. The fraction of sp³-hybridized carbons (Fsp3) is 0.0417. The molecule has 0 unspecified atom stereocenters. The third kappa shape index (κ3) is 4.26. The van der Waals surface area contributed by atoms with E-state index in [1.165, 1.54) is 0 Å². The SMILES string of the molecule is Clc1cccc(/C(Br)=C/c2cc(-c3ccc4c(c3)OCO4)n(-c3cc(Cl)ccc3Cl)n2)c1. The minimum absolute atomic E-state index is 0.207. The van der Waals surface area contributed by atoms with Crippen molar-refractivity contribution < 1.29 is 9.47 Å². The van der Waals surface area contributed by atoms with E-state index in [9.17, 15) is 0 Å². The van der Waals surface area contributed by atoms with Gasteiger partial charge in [-0.3, -0.25) is 0 Å². The number of hydrogen-bond donors (Lipinski definition) is 0. The van der Waals surface area contributed by atoms with Gasteiger partial charge in [-0.2, -0.15) is 5.10 Å². The van der Waals surface area contributed by atoms with E-state index in [-0.39, 0.29) is 6.79 Å². The lowest BCUT2D eigenvalue weighted by Crippen LogP contribution is -2.00. The van der Waals surface area contributed by atoms with Gasteiger partial charge in [-0.1, -0.05) is 62.9 Å². The fourth-order valence-corrected chi connectivity index (χ4v) is 4.45. The molecule has 2 heterocycles. The zero-order valence-electron chi connectivity index (χ0n) is 16.4. The predicted octanol–water partition coefficient (Wildman–Crippen LogP) is 8.12. The molecule has 0 saturated heterocycles. The van der Waals surface area contributed by atoms with Crippen molar-refractivity contribution in [1.29, 1.82) is 0 Å². The third-order valence-corrected chi connectivity index (χ3v) is 6.38. The molecular weight excluding hydrogens is 535 g/mol. The lowest BCUT2D eigenvalue weighted by atomic mass is 10.1. The number of benzene rings is 3. The third-order valence-electron chi connectivity index (χ3n) is 4.91. The smallest absolute Gasteiger partial charge is 0.231 e. The summed E-state index contributed by atoms with van der Waals surface area (Å²) in [5.41, 5.74) is 4.06. The van der Waals surface area contributed by atoms with Crippen molar-refractivity contribution in [3.8, 4) is 28.4 Å². The van der Waals surface area contributed by atoms with E-state index in [4.69, 9.17) is 49.4 Å². The minimum Gasteiger partial charge on any atom is -0.454 e. The molecule has 4 nitrogen and oxygen atoms in total. The number of nitrogens with zero attached hydrogens (tertiary/aromatic N) is 2. The highest BCUT2D eigenvalue weighted by Gasteiger charge is 2.19. The van der Waals surface area contributed by atoms with E-state index in [1.807, 2.05) is 54.6 Å². The highest BCUT2D eigenvalue weighted by molar-refractivity contribution is 9.15. The molecule has 5 rings (SSSR count). The molecule has 1 aromatic heterocycles. The number of halogens is 4. The van der Waals surface area contributed by atoms with E-state index in [2.05, 4.69) is 15.9 Å². The second-order valence-electron chi connectivity index (χ2n) is 7.03. The van der Waals surface area contributed by atoms with Gasteiger partial charge in [-0.05, 0) is 66.2 Å². The lowest BCUT2D eigenvalue weighted by molar-refractivity contribution is 0.174. The van der Waals surface area contributed by atoms with Gasteiger partial charge in [0.25, 0.3) is 0 Å². The maximum atomic E-state index is 6.51. The van der Waals surface area contributed by atoms with Gasteiger partial charge in [-0.15, -0.1) is 0 Å². The van der Waals surface area contributed by atoms with Gasteiger partial charge in [-0.25, -0.2) is 4.68 Å². The van der Waals surface area contributed by atoms with E-state index >= 15 is 0 Å². The molecule has 160 valence electrons. The van der Waals surface area contributed by atoms with Crippen LogP contribution in [0, 0.1) is 0 Å². The van der Waals surface area contributed by atoms with Gasteiger partial charge >= 0.3 is 0 Å². The number of ether oxygens (including phenoxy) is 2. The molecule has 8 heteroatoms. The molecule has 0 fully saturated rings. The van der Waals surface area contributed by atoms with Crippen LogP contribution < -0.4 is 9.47 Å². The summed E-state index contributed by atoms with van der Waals surface area (Å²) in [6.45, 7) is 0.207. The van der Waals surface area contributed by atoms with Crippen LogP contribution in [0.2, 0.25) is 15.1 Å². The van der Waals surface area contributed by atoms with Crippen molar-refractivity contribution in [3.63, 3.8) is 0 Å². The molecular formula is C24H14BrCl3N2O2. The molecule has 0 amide bonds. The van der Waals surface area contributed by atoms with Crippen LogP contribution in [0.25, 0.3) is 27.5 Å². The Kier molecular flexibility index (Phi) is 5.91. The Bertz CT molecular complexity index is 1370. The largest absolute Gasteiger partial charge is 0.454 e. The number of aromatic nitrogens is 2. The first-order valence-corrected chi connectivity index (χ1v) is 11.5. The Balaban J connectivity index is 1.65. The summed E-state index contributed by atoms with van der Waals surface area (Å²) in [4.78, 5) is 0.